The van der Waals surface area contributed by atoms with E-state index in [0.29, 0.717) is 17.9 Å². The van der Waals surface area contributed by atoms with E-state index in [4.69, 9.17) is 5.11 Å². The number of amides is 2. The molecule has 2 amide bonds. The quantitative estimate of drug-likeness (QED) is 0.770. The third-order valence-corrected chi connectivity index (χ3v) is 3.53. The number of nitrogens with one attached hydrogen (secondary N) is 2. The van der Waals surface area contributed by atoms with Gasteiger partial charge in [0, 0.05) is 23.6 Å². The molecule has 0 aromatic heterocycles. The molecule has 0 aliphatic carbocycles. The molecule has 0 spiro atoms. The first-order valence-corrected chi connectivity index (χ1v) is 6.65. The number of anilines is 2. The van der Waals surface area contributed by atoms with E-state index in [9.17, 15) is 9.59 Å². The minimum atomic E-state index is -0.140. The molecule has 0 saturated carbocycles. The van der Waals surface area contributed by atoms with Gasteiger partial charge in [0.2, 0.25) is 11.8 Å². The molecule has 2 rings (SSSR count). The number of thioether (sulfide) groups is 1. The number of carbonyl (C=O) groups is 2. The van der Waals surface area contributed by atoms with E-state index in [1.165, 1.54) is 11.8 Å². The lowest BCUT2D eigenvalue weighted by Gasteiger charge is -2.17. The van der Waals surface area contributed by atoms with E-state index < -0.39 is 0 Å². The summed E-state index contributed by atoms with van der Waals surface area (Å²) in [5, 5.41) is 14.1. The topological polar surface area (TPSA) is 78.4 Å². The van der Waals surface area contributed by atoms with Crippen LogP contribution in [0, 0.1) is 0 Å². The number of hydrogen-bond donors (Lipinski definition) is 3. The van der Waals surface area contributed by atoms with Gasteiger partial charge < -0.3 is 15.7 Å². The van der Waals surface area contributed by atoms with Gasteiger partial charge in [-0.1, -0.05) is 0 Å². The third-order valence-electron chi connectivity index (χ3n) is 2.46. The summed E-state index contributed by atoms with van der Waals surface area (Å²) >= 11 is 1.48. The highest BCUT2D eigenvalue weighted by atomic mass is 32.2. The number of aliphatic hydroxyl groups is 1. The predicted octanol–water partition coefficient (Wildman–Crippen LogP) is 1.44. The smallest absolute Gasteiger partial charge is 0.234 e. The van der Waals surface area contributed by atoms with Gasteiger partial charge >= 0.3 is 0 Å². The van der Waals surface area contributed by atoms with Gasteiger partial charge in [-0.25, -0.2) is 0 Å². The molecule has 0 unspecified atom stereocenters. The van der Waals surface area contributed by atoms with Gasteiger partial charge in [0.05, 0.1) is 11.4 Å². The fraction of sp³-hybridized carbons (Fsp3) is 0.333. The molecule has 1 aliphatic heterocycles. The van der Waals surface area contributed by atoms with Crippen molar-refractivity contribution in [2.75, 3.05) is 23.0 Å². The summed E-state index contributed by atoms with van der Waals surface area (Å²) in [5.74, 6) is 0.255. The second-order valence-electron chi connectivity index (χ2n) is 3.92. The fourth-order valence-corrected chi connectivity index (χ4v) is 2.41. The van der Waals surface area contributed by atoms with Crippen molar-refractivity contribution in [3.63, 3.8) is 0 Å². The molecule has 0 fully saturated rings. The predicted molar refractivity (Wildman–Crippen MR) is 70.7 cm³/mol. The van der Waals surface area contributed by atoms with Crippen molar-refractivity contribution in [2.45, 2.75) is 17.7 Å². The molecule has 0 atom stereocenters. The second kappa shape index (κ2) is 5.88. The van der Waals surface area contributed by atoms with Crippen LogP contribution in [0.1, 0.15) is 12.8 Å². The Bertz CT molecular complexity index is 476. The van der Waals surface area contributed by atoms with Crippen LogP contribution in [0.15, 0.2) is 23.1 Å². The Kier molecular flexibility index (Phi) is 4.22. The summed E-state index contributed by atoms with van der Waals surface area (Å²) in [5.41, 5.74) is 1.38. The van der Waals surface area contributed by atoms with Gasteiger partial charge in [0.15, 0.2) is 0 Å². The molecule has 0 saturated heterocycles. The first-order valence-electron chi connectivity index (χ1n) is 5.66. The summed E-state index contributed by atoms with van der Waals surface area (Å²) in [6.07, 6.45) is 0.734. The third kappa shape index (κ3) is 3.24. The van der Waals surface area contributed by atoms with Gasteiger partial charge in [-0.05, 0) is 24.6 Å². The highest BCUT2D eigenvalue weighted by molar-refractivity contribution is 8.00. The molecule has 0 radical (unpaired) electrons. The SMILES string of the molecule is O=C(CCCO)Nc1ccc2c(c1)NC(=O)CS2. The number of fused-ring (bicyclic) bond motifs is 1. The minimum Gasteiger partial charge on any atom is -0.396 e. The highest BCUT2D eigenvalue weighted by Crippen LogP contribution is 2.33. The zero-order valence-electron chi connectivity index (χ0n) is 9.73. The molecule has 1 aromatic rings. The van der Waals surface area contributed by atoms with Crippen molar-refractivity contribution in [1.29, 1.82) is 0 Å². The van der Waals surface area contributed by atoms with Gasteiger partial charge in [0.1, 0.15) is 0 Å². The van der Waals surface area contributed by atoms with Crippen LogP contribution in [0.3, 0.4) is 0 Å². The molecular weight excluding hydrogens is 252 g/mol. The maximum absolute atomic E-state index is 11.5. The summed E-state index contributed by atoms with van der Waals surface area (Å²) in [7, 11) is 0. The Balaban J connectivity index is 2.04. The van der Waals surface area contributed by atoms with E-state index in [0.717, 1.165) is 10.6 Å². The zero-order valence-corrected chi connectivity index (χ0v) is 10.5. The Labute approximate surface area is 109 Å². The number of rotatable bonds is 4. The lowest BCUT2D eigenvalue weighted by atomic mass is 10.2. The van der Waals surface area contributed by atoms with Crippen molar-refractivity contribution in [1.82, 2.24) is 0 Å². The lowest BCUT2D eigenvalue weighted by Crippen LogP contribution is -2.19. The molecule has 1 heterocycles. The van der Waals surface area contributed by atoms with E-state index in [1.54, 1.807) is 12.1 Å². The van der Waals surface area contributed by atoms with E-state index in [1.807, 2.05) is 6.07 Å². The molecular formula is C12H14N2O3S. The van der Waals surface area contributed by atoms with Crippen LogP contribution in [0.2, 0.25) is 0 Å². The largest absolute Gasteiger partial charge is 0.396 e. The Morgan fingerprint density at radius 1 is 1.50 bits per heavy atom. The normalized spacial score (nSPS) is 13.7. The summed E-state index contributed by atoms with van der Waals surface area (Å²) < 4.78 is 0. The number of aliphatic hydroxyl groups excluding tert-OH is 1. The van der Waals surface area contributed by atoms with Crippen LogP contribution in [0.5, 0.6) is 0 Å². The average Bonchev–Trinajstić information content (AvgIpc) is 2.36. The number of benzene rings is 1. The lowest BCUT2D eigenvalue weighted by molar-refractivity contribution is -0.116. The number of hydrogen-bond acceptors (Lipinski definition) is 4. The van der Waals surface area contributed by atoms with Crippen molar-refractivity contribution in [3.8, 4) is 0 Å². The maximum Gasteiger partial charge on any atom is 0.234 e. The van der Waals surface area contributed by atoms with Crippen LogP contribution in [0.4, 0.5) is 11.4 Å². The van der Waals surface area contributed by atoms with Crippen molar-refractivity contribution < 1.29 is 14.7 Å². The first-order chi connectivity index (χ1) is 8.69. The summed E-state index contributed by atoms with van der Waals surface area (Å²) in [4.78, 5) is 23.7. The van der Waals surface area contributed by atoms with Crippen LogP contribution >= 0.6 is 11.8 Å². The van der Waals surface area contributed by atoms with Crippen molar-refractivity contribution in [2.24, 2.45) is 0 Å². The minimum absolute atomic E-state index is 0.00427. The second-order valence-corrected chi connectivity index (χ2v) is 4.94. The van der Waals surface area contributed by atoms with Gasteiger partial charge in [-0.15, -0.1) is 11.8 Å². The van der Waals surface area contributed by atoms with E-state index in [-0.39, 0.29) is 24.8 Å². The Morgan fingerprint density at radius 3 is 3.11 bits per heavy atom. The van der Waals surface area contributed by atoms with Gasteiger partial charge in [-0.3, -0.25) is 9.59 Å². The standard InChI is InChI=1S/C12H14N2O3S/c15-5-1-2-11(16)13-8-3-4-10-9(6-8)14-12(17)7-18-10/h3-4,6,15H,1-2,5,7H2,(H,13,16)(H,14,17). The van der Waals surface area contributed by atoms with Crippen LogP contribution in [0.25, 0.3) is 0 Å². The van der Waals surface area contributed by atoms with Crippen molar-refractivity contribution in [3.05, 3.63) is 18.2 Å². The molecule has 6 heteroatoms. The summed E-state index contributed by atoms with van der Waals surface area (Å²) in [6, 6.07) is 5.43. The first kappa shape index (κ1) is 12.9. The van der Waals surface area contributed by atoms with Crippen LogP contribution in [-0.2, 0) is 9.59 Å². The average molecular weight is 266 g/mol. The monoisotopic (exact) mass is 266 g/mol. The molecule has 1 aliphatic rings. The van der Waals surface area contributed by atoms with Crippen molar-refractivity contribution >= 4 is 35.0 Å². The molecule has 1 aromatic carbocycles. The summed E-state index contributed by atoms with van der Waals surface area (Å²) in [6.45, 7) is 0.00427. The molecule has 0 bridgehead atoms. The van der Waals surface area contributed by atoms with Crippen LogP contribution in [-0.4, -0.2) is 29.3 Å². The zero-order chi connectivity index (χ0) is 13.0. The van der Waals surface area contributed by atoms with Gasteiger partial charge in [0.25, 0.3) is 0 Å². The Morgan fingerprint density at radius 2 is 2.33 bits per heavy atom. The van der Waals surface area contributed by atoms with Gasteiger partial charge in [-0.2, -0.15) is 0 Å². The van der Waals surface area contributed by atoms with E-state index >= 15 is 0 Å². The van der Waals surface area contributed by atoms with E-state index in [2.05, 4.69) is 10.6 Å². The molecule has 18 heavy (non-hydrogen) atoms. The molecule has 5 nitrogen and oxygen atoms in total. The highest BCUT2D eigenvalue weighted by Gasteiger charge is 2.15. The number of carbonyl (C=O) groups excluding carboxylic acids is 2. The molecule has 96 valence electrons. The molecule has 3 N–H and O–H groups in total. The maximum atomic E-state index is 11.5. The Hall–Kier alpha value is -1.53. The fourth-order valence-electron chi connectivity index (χ4n) is 1.62. The van der Waals surface area contributed by atoms with Crippen LogP contribution < -0.4 is 10.6 Å².